The van der Waals surface area contributed by atoms with E-state index in [1.165, 1.54) is 4.70 Å². The maximum atomic E-state index is 8.90. The highest BCUT2D eigenvalue weighted by molar-refractivity contribution is 7.26. The van der Waals surface area contributed by atoms with Crippen LogP contribution in [0.3, 0.4) is 0 Å². The molecule has 3 heteroatoms. The minimum atomic E-state index is -2.94. The Kier molecular flexibility index (Phi) is 5.62. The molecule has 0 atom stereocenters. The van der Waals surface area contributed by atoms with Gasteiger partial charge in [-0.25, -0.2) is 4.98 Å². The number of nitrogens with zero attached hydrogens (tertiary/aromatic N) is 2. The van der Waals surface area contributed by atoms with Gasteiger partial charge in [0.25, 0.3) is 0 Å². The number of hydrogen-bond acceptors (Lipinski definition) is 2. The van der Waals surface area contributed by atoms with Crippen molar-refractivity contribution in [3.63, 3.8) is 0 Å². The highest BCUT2D eigenvalue weighted by atomic mass is 32.1. The van der Waals surface area contributed by atoms with Gasteiger partial charge in [-0.05, 0) is 109 Å². The van der Waals surface area contributed by atoms with Crippen molar-refractivity contribution in [2.45, 2.75) is 13.2 Å². The van der Waals surface area contributed by atoms with E-state index < -0.39 is 19.3 Å². The number of rotatable bonds is 6. The van der Waals surface area contributed by atoms with Gasteiger partial charge in [-0.2, -0.15) is 0 Å². The van der Waals surface area contributed by atoms with Crippen molar-refractivity contribution in [1.29, 1.82) is 0 Å². The van der Waals surface area contributed by atoms with Crippen LogP contribution in [0.15, 0.2) is 188 Å². The average molecular weight is 743 g/mol. The second-order valence-corrected chi connectivity index (χ2v) is 14.9. The van der Waals surface area contributed by atoms with Gasteiger partial charge in [0.2, 0.25) is 0 Å². The first-order valence-corrected chi connectivity index (χ1v) is 19.2. The Morgan fingerprint density at radius 3 is 2.00 bits per heavy atom. The van der Waals surface area contributed by atoms with E-state index in [2.05, 4.69) is 83.8 Å². The highest BCUT2D eigenvalue weighted by Crippen LogP contribution is 2.48. The fourth-order valence-corrected chi connectivity index (χ4v) is 9.45. The molecule has 0 bridgehead atoms. The van der Waals surface area contributed by atoms with E-state index in [0.29, 0.717) is 22.3 Å². The number of aromatic nitrogens is 2. The predicted molar refractivity (Wildman–Crippen MR) is 240 cm³/mol. The van der Waals surface area contributed by atoms with Gasteiger partial charge in [-0.3, -0.25) is 4.57 Å². The zero-order valence-corrected chi connectivity index (χ0v) is 30.6. The second kappa shape index (κ2) is 13.2. The Bertz CT molecular complexity index is 3750. The van der Waals surface area contributed by atoms with Gasteiger partial charge in [-0.15, -0.1) is 11.3 Å². The summed E-state index contributed by atoms with van der Waals surface area (Å²) in [5, 5.41) is 6.14. The van der Waals surface area contributed by atoms with Crippen LogP contribution in [0.25, 0.3) is 103 Å². The molecule has 56 heavy (non-hydrogen) atoms. The van der Waals surface area contributed by atoms with Gasteiger partial charge in [0.1, 0.15) is 5.82 Å². The smallest absolute Gasteiger partial charge is 0.114 e. The molecule has 0 spiro atoms. The van der Waals surface area contributed by atoms with Gasteiger partial charge >= 0.3 is 0 Å². The highest BCUT2D eigenvalue weighted by Gasteiger charge is 2.20. The molecular formula is C53H36N2S. The van der Waals surface area contributed by atoms with E-state index in [9.17, 15) is 0 Å². The Hall–Kier alpha value is -6.81. The molecule has 0 aliphatic heterocycles. The molecular weight excluding hydrogens is 697 g/mol. The molecule has 2 nitrogen and oxygen atoms in total. The molecule has 0 saturated heterocycles. The summed E-state index contributed by atoms with van der Waals surface area (Å²) in [5.74, 6) is -0.188. The summed E-state index contributed by atoms with van der Waals surface area (Å²) < 4.78 is 88.1. The lowest BCUT2D eigenvalue weighted by Gasteiger charge is -2.19. The molecule has 9 aromatic carbocycles. The first-order valence-electron chi connectivity index (χ1n) is 23.4. The van der Waals surface area contributed by atoms with E-state index in [1.807, 2.05) is 60.7 Å². The minimum Gasteiger partial charge on any atom is -0.296 e. The second-order valence-electron chi connectivity index (χ2n) is 13.8. The lowest BCUT2D eigenvalue weighted by molar-refractivity contribution is 0.908. The van der Waals surface area contributed by atoms with Crippen LogP contribution in [0.2, 0.25) is 0 Å². The van der Waals surface area contributed by atoms with Crippen LogP contribution in [0.4, 0.5) is 0 Å². The standard InChI is InChI=1S/C53H36N2S/c1-2-50-54-46-19-9-10-20-47(46)55(50)39-30-27-36(28-31-39)35-23-25-37(26-24-35)51-40-15-6-7-16-41(40)52(45-33-38(29-32-42(45)51)34-13-4-3-5-14-34)44-18-12-22-49-53(44)43-17-8-11-21-48(43)56-49/h3-33H,2H2,1H3/i1D3,2D2,3D,4D,5D,13D,14D. The van der Waals surface area contributed by atoms with Crippen molar-refractivity contribution in [2.24, 2.45) is 0 Å². The number of thiophene rings is 1. The maximum Gasteiger partial charge on any atom is 0.114 e. The Balaban J connectivity index is 1.09. The SMILES string of the molecule is [2H]c1c([2H])c([2H])c(-c2ccc3c(-c4ccc(-c5ccc(-n6c(C([2H])([2H])C([2H])([2H])[2H])nc7ccccc76)cc5)cc4)c4ccccc4c(-c4cccc5sc6ccccc6c45)c3c2)c([2H])c1[2H]. The van der Waals surface area contributed by atoms with Gasteiger partial charge < -0.3 is 0 Å². The lowest BCUT2D eigenvalue weighted by atomic mass is 9.83. The molecule has 0 unspecified atom stereocenters. The summed E-state index contributed by atoms with van der Waals surface area (Å²) in [6.07, 6.45) is -2.71. The summed E-state index contributed by atoms with van der Waals surface area (Å²) >= 11 is 1.74. The largest absolute Gasteiger partial charge is 0.296 e. The van der Waals surface area contributed by atoms with E-state index in [-0.39, 0.29) is 35.6 Å². The van der Waals surface area contributed by atoms with Crippen LogP contribution in [-0.4, -0.2) is 9.55 Å². The molecule has 11 rings (SSSR count). The molecule has 0 saturated carbocycles. The molecule has 2 aromatic heterocycles. The average Bonchev–Trinajstić information content (AvgIpc) is 3.92. The molecule has 0 aliphatic carbocycles. The summed E-state index contributed by atoms with van der Waals surface area (Å²) in [6.45, 7) is -2.94. The summed E-state index contributed by atoms with van der Waals surface area (Å²) in [6, 6.07) is 50.3. The number of imidazole rings is 1. The van der Waals surface area contributed by atoms with Crippen molar-refractivity contribution >= 4 is 64.1 Å². The third kappa shape index (κ3) is 5.20. The molecule has 11 aromatic rings. The fraction of sp³-hybridized carbons (Fsp3) is 0.0377. The number of benzene rings is 9. The maximum absolute atomic E-state index is 8.90. The van der Waals surface area contributed by atoms with Crippen molar-refractivity contribution in [2.75, 3.05) is 0 Å². The van der Waals surface area contributed by atoms with E-state index in [0.717, 1.165) is 70.4 Å². The summed E-state index contributed by atoms with van der Waals surface area (Å²) in [4.78, 5) is 4.46. The van der Waals surface area contributed by atoms with Gasteiger partial charge in [0, 0.05) is 39.1 Å². The normalized spacial score (nSPS) is 14.8. The van der Waals surface area contributed by atoms with Gasteiger partial charge in [-0.1, -0.05) is 152 Å². The summed E-state index contributed by atoms with van der Waals surface area (Å²) in [7, 11) is 0. The zero-order valence-electron chi connectivity index (χ0n) is 39.8. The third-order valence-corrected chi connectivity index (χ3v) is 11.9. The number of hydrogen-bond donors (Lipinski definition) is 0. The topological polar surface area (TPSA) is 17.8 Å². The molecule has 0 radical (unpaired) electrons. The van der Waals surface area contributed by atoms with Crippen LogP contribution in [0.1, 0.15) is 26.4 Å². The van der Waals surface area contributed by atoms with Gasteiger partial charge in [0.15, 0.2) is 0 Å². The van der Waals surface area contributed by atoms with E-state index in [4.69, 9.17) is 13.7 Å². The lowest BCUT2D eigenvalue weighted by Crippen LogP contribution is -1.99. The Morgan fingerprint density at radius 1 is 0.554 bits per heavy atom. The molecule has 2 heterocycles. The molecule has 0 aliphatic rings. The first kappa shape index (κ1) is 23.9. The van der Waals surface area contributed by atoms with Crippen molar-refractivity contribution < 1.29 is 13.7 Å². The number of para-hydroxylation sites is 2. The quantitative estimate of drug-likeness (QED) is 0.155. The van der Waals surface area contributed by atoms with Crippen molar-refractivity contribution in [1.82, 2.24) is 9.55 Å². The van der Waals surface area contributed by atoms with Crippen LogP contribution in [0.5, 0.6) is 0 Å². The molecule has 264 valence electrons. The Morgan fingerprint density at radius 2 is 1.20 bits per heavy atom. The predicted octanol–water partition coefficient (Wildman–Crippen LogP) is 14.9. The van der Waals surface area contributed by atoms with Crippen LogP contribution in [-0.2, 0) is 6.37 Å². The number of aryl methyl sites for hydroxylation is 1. The third-order valence-electron chi connectivity index (χ3n) is 10.8. The first-order chi connectivity index (χ1) is 31.7. The van der Waals surface area contributed by atoms with E-state index in [1.54, 1.807) is 34.1 Å². The van der Waals surface area contributed by atoms with Crippen molar-refractivity contribution in [3.05, 3.63) is 194 Å². The van der Waals surface area contributed by atoms with E-state index >= 15 is 0 Å². The molecule has 0 amide bonds. The Labute approximate surface area is 343 Å². The molecule has 0 fully saturated rings. The van der Waals surface area contributed by atoms with Gasteiger partial charge in [0.05, 0.1) is 17.9 Å². The van der Waals surface area contributed by atoms with Crippen LogP contribution < -0.4 is 0 Å². The summed E-state index contributed by atoms with van der Waals surface area (Å²) in [5.41, 5.74) is 8.16. The van der Waals surface area contributed by atoms with Crippen molar-refractivity contribution in [3.8, 4) is 50.2 Å². The number of fused-ring (bicyclic) bond motifs is 6. The zero-order chi connectivity index (χ0) is 45.8. The minimum absolute atomic E-state index is 0.145. The van der Waals surface area contributed by atoms with Crippen LogP contribution in [0, 0.1) is 0 Å². The fourth-order valence-electron chi connectivity index (χ4n) is 8.32. The monoisotopic (exact) mass is 742 g/mol. The molecule has 0 N–H and O–H groups in total. The van der Waals surface area contributed by atoms with Crippen LogP contribution >= 0.6 is 11.3 Å².